The molecule has 0 aliphatic carbocycles. The predicted octanol–water partition coefficient (Wildman–Crippen LogP) is 2.89. The second-order valence-electron chi connectivity index (χ2n) is 7.27. The monoisotopic (exact) mass is 363 g/mol. The van der Waals surface area contributed by atoms with Crippen LogP contribution in [0.1, 0.15) is 18.1 Å². The lowest BCUT2D eigenvalue weighted by molar-refractivity contribution is 0.111. The van der Waals surface area contributed by atoms with Crippen LogP contribution in [0.25, 0.3) is 0 Å². The van der Waals surface area contributed by atoms with Gasteiger partial charge in [-0.05, 0) is 20.9 Å². The molecule has 134 valence electrons. The van der Waals surface area contributed by atoms with E-state index in [1.165, 1.54) is 0 Å². The summed E-state index contributed by atoms with van der Waals surface area (Å²) in [7, 11) is 3.92. The van der Waals surface area contributed by atoms with E-state index in [0.717, 1.165) is 36.7 Å². The maximum Gasteiger partial charge on any atom is 0.152 e. The van der Waals surface area contributed by atoms with Crippen LogP contribution in [0.4, 0.5) is 15.8 Å². The zero-order valence-corrected chi connectivity index (χ0v) is 15.8. The second kappa shape index (κ2) is 5.61. The highest BCUT2D eigenvalue weighted by Crippen LogP contribution is 2.45. The molecule has 0 aromatic heterocycles. The lowest BCUT2D eigenvalue weighted by Gasteiger charge is -2.46. The van der Waals surface area contributed by atoms with Crippen molar-refractivity contribution < 1.29 is 4.39 Å². The molecule has 0 amide bonds. The standard InChI is InChI=1S/C18H23ClFN5/c1-9-7-23(4)8-12-6-21-16-13-17(15(20)10(2)14(16)19)24(5)11(3)22-18(13)25(9)12/h9,12,21H,3,6-8H2,1-2,4-5H3. The van der Waals surface area contributed by atoms with Gasteiger partial charge in [-0.15, -0.1) is 0 Å². The van der Waals surface area contributed by atoms with Crippen LogP contribution in [0, 0.1) is 12.7 Å². The van der Waals surface area contributed by atoms with E-state index in [-0.39, 0.29) is 17.9 Å². The molecule has 0 radical (unpaired) electrons. The van der Waals surface area contributed by atoms with Gasteiger partial charge in [-0.2, -0.15) is 0 Å². The van der Waals surface area contributed by atoms with E-state index in [1.54, 1.807) is 18.9 Å². The van der Waals surface area contributed by atoms with Crippen molar-refractivity contribution in [3.05, 3.63) is 34.4 Å². The Balaban J connectivity index is 2.00. The van der Waals surface area contributed by atoms with Crippen molar-refractivity contribution in [2.24, 2.45) is 4.99 Å². The fraction of sp³-hybridized carbons (Fsp3) is 0.500. The van der Waals surface area contributed by atoms with Crippen LogP contribution in [-0.2, 0) is 0 Å². The Morgan fingerprint density at radius 2 is 2.04 bits per heavy atom. The summed E-state index contributed by atoms with van der Waals surface area (Å²) in [5.41, 5.74) is 2.49. The Hall–Kier alpha value is -1.79. The fourth-order valence-corrected chi connectivity index (χ4v) is 4.50. The summed E-state index contributed by atoms with van der Waals surface area (Å²) in [4.78, 5) is 11.1. The predicted molar refractivity (Wildman–Crippen MR) is 101 cm³/mol. The molecule has 25 heavy (non-hydrogen) atoms. The van der Waals surface area contributed by atoms with Gasteiger partial charge in [-0.1, -0.05) is 18.2 Å². The lowest BCUT2D eigenvalue weighted by Crippen LogP contribution is -2.60. The third-order valence-electron chi connectivity index (χ3n) is 5.48. The molecule has 1 saturated heterocycles. The van der Waals surface area contributed by atoms with Gasteiger partial charge in [0, 0.05) is 38.3 Å². The van der Waals surface area contributed by atoms with Gasteiger partial charge in [0.2, 0.25) is 0 Å². The van der Waals surface area contributed by atoms with Crippen molar-refractivity contribution in [3.8, 4) is 0 Å². The lowest BCUT2D eigenvalue weighted by atomic mass is 10.00. The van der Waals surface area contributed by atoms with Crippen LogP contribution in [0.3, 0.4) is 0 Å². The molecule has 1 fully saturated rings. The third kappa shape index (κ3) is 2.27. The summed E-state index contributed by atoms with van der Waals surface area (Å²) in [5, 5.41) is 3.91. The number of halogens is 2. The number of nitrogens with zero attached hydrogens (tertiary/aromatic N) is 4. The van der Waals surface area contributed by atoms with Gasteiger partial charge < -0.3 is 20.0 Å². The first-order valence-electron chi connectivity index (χ1n) is 8.55. The fourth-order valence-electron chi connectivity index (χ4n) is 4.25. The highest BCUT2D eigenvalue weighted by molar-refractivity contribution is 6.35. The van der Waals surface area contributed by atoms with Gasteiger partial charge in [0.25, 0.3) is 0 Å². The first kappa shape index (κ1) is 16.7. The maximum atomic E-state index is 15.1. The van der Waals surface area contributed by atoms with Crippen LogP contribution < -0.4 is 10.2 Å². The average molecular weight is 364 g/mol. The summed E-state index contributed by atoms with van der Waals surface area (Å²) in [6, 6.07) is 0.505. The van der Waals surface area contributed by atoms with Gasteiger partial charge in [-0.3, -0.25) is 0 Å². The van der Waals surface area contributed by atoms with E-state index in [9.17, 15) is 0 Å². The first-order valence-corrected chi connectivity index (χ1v) is 8.93. The highest BCUT2D eigenvalue weighted by atomic mass is 35.5. The van der Waals surface area contributed by atoms with Crippen molar-refractivity contribution in [1.82, 2.24) is 9.80 Å². The number of fused-ring (bicyclic) bond motifs is 2. The van der Waals surface area contributed by atoms with E-state index in [2.05, 4.69) is 35.7 Å². The minimum atomic E-state index is -0.304. The third-order valence-corrected chi connectivity index (χ3v) is 5.95. The average Bonchev–Trinajstić information content (AvgIpc) is 2.70. The van der Waals surface area contributed by atoms with Crippen LogP contribution in [0.15, 0.2) is 17.4 Å². The summed E-state index contributed by atoms with van der Waals surface area (Å²) in [6.07, 6.45) is 0. The quantitative estimate of drug-likeness (QED) is 0.768. The topological polar surface area (TPSA) is 34.1 Å². The number of anilines is 2. The summed E-state index contributed by atoms with van der Waals surface area (Å²) in [6.45, 7) is 10.5. The number of hydrogen-bond acceptors (Lipinski definition) is 5. The Morgan fingerprint density at radius 1 is 1.32 bits per heavy atom. The molecule has 1 N–H and O–H groups in total. The minimum absolute atomic E-state index is 0.239. The molecule has 7 heteroatoms. The van der Waals surface area contributed by atoms with Crippen molar-refractivity contribution in [2.75, 3.05) is 43.9 Å². The molecule has 5 nitrogen and oxygen atoms in total. The molecule has 1 aromatic carbocycles. The number of hydrogen-bond donors (Lipinski definition) is 1. The van der Waals surface area contributed by atoms with Gasteiger partial charge in [0.05, 0.1) is 28.0 Å². The zero-order valence-electron chi connectivity index (χ0n) is 15.0. The summed E-state index contributed by atoms with van der Waals surface area (Å²) < 4.78 is 15.1. The number of rotatable bonds is 0. The molecule has 2 unspecified atom stereocenters. The number of benzene rings is 1. The zero-order chi connectivity index (χ0) is 18.0. The van der Waals surface area contributed by atoms with Crippen LogP contribution in [0.5, 0.6) is 0 Å². The number of likely N-dealkylation sites (N-methyl/N-ethyl adjacent to an activating group) is 1. The molecular weight excluding hydrogens is 341 g/mol. The number of piperazine rings is 1. The SMILES string of the molecule is C=C1N=C2c3c(c(Cl)c(C)c(F)c3N1C)NCC1CN(C)CC(C)N21. The highest BCUT2D eigenvalue weighted by Gasteiger charge is 2.41. The largest absolute Gasteiger partial charge is 0.381 e. The van der Waals surface area contributed by atoms with E-state index >= 15 is 4.39 Å². The van der Waals surface area contributed by atoms with Gasteiger partial charge in [0.1, 0.15) is 11.7 Å². The second-order valence-corrected chi connectivity index (χ2v) is 7.65. The molecule has 0 saturated carbocycles. The van der Waals surface area contributed by atoms with Crippen molar-refractivity contribution in [3.63, 3.8) is 0 Å². The molecule has 3 aliphatic heterocycles. The molecule has 2 atom stereocenters. The number of nitrogens with one attached hydrogen (secondary N) is 1. The van der Waals surface area contributed by atoms with Crippen molar-refractivity contribution >= 4 is 28.8 Å². The summed E-state index contributed by atoms with van der Waals surface area (Å²) >= 11 is 6.53. The maximum absolute atomic E-state index is 15.1. The van der Waals surface area contributed by atoms with Gasteiger partial charge in [-0.25, -0.2) is 9.38 Å². The normalized spacial score (nSPS) is 25.8. The molecule has 0 spiro atoms. The summed E-state index contributed by atoms with van der Waals surface area (Å²) in [5.74, 6) is 1.02. The Kier molecular flexibility index (Phi) is 3.74. The van der Waals surface area contributed by atoms with E-state index in [4.69, 9.17) is 16.6 Å². The minimum Gasteiger partial charge on any atom is -0.381 e. The van der Waals surface area contributed by atoms with Crippen molar-refractivity contribution in [2.45, 2.75) is 25.9 Å². The number of aliphatic imine (C=N–C) groups is 1. The van der Waals surface area contributed by atoms with Crippen LogP contribution in [-0.4, -0.2) is 61.4 Å². The molecule has 1 aromatic rings. The van der Waals surface area contributed by atoms with E-state index in [1.807, 2.05) is 0 Å². The van der Waals surface area contributed by atoms with E-state index in [0.29, 0.717) is 22.1 Å². The first-order chi connectivity index (χ1) is 11.8. The van der Waals surface area contributed by atoms with Crippen LogP contribution in [0.2, 0.25) is 5.02 Å². The van der Waals surface area contributed by atoms with Crippen LogP contribution >= 0.6 is 11.6 Å². The number of amidine groups is 1. The Labute approximate surface area is 152 Å². The van der Waals surface area contributed by atoms with Gasteiger partial charge >= 0.3 is 0 Å². The molecule has 4 rings (SSSR count). The molecule has 3 heterocycles. The van der Waals surface area contributed by atoms with E-state index < -0.39 is 0 Å². The van der Waals surface area contributed by atoms with Crippen molar-refractivity contribution in [1.29, 1.82) is 0 Å². The molecule has 0 bridgehead atoms. The smallest absolute Gasteiger partial charge is 0.152 e. The Morgan fingerprint density at radius 3 is 2.76 bits per heavy atom. The molecular formula is C18H23ClFN5. The molecule has 3 aliphatic rings. The van der Waals surface area contributed by atoms with Gasteiger partial charge in [0.15, 0.2) is 5.82 Å². The Bertz CT molecular complexity index is 805.